The lowest BCUT2D eigenvalue weighted by Gasteiger charge is -2.18. The van der Waals surface area contributed by atoms with Crippen LogP contribution in [0.1, 0.15) is 41.9 Å². The number of halogens is 1. The largest absolute Gasteiger partial charge is 0.481 e. The number of carboxylic acid groups (broad SMARTS) is 1. The van der Waals surface area contributed by atoms with Crippen LogP contribution in [0.3, 0.4) is 0 Å². The second-order valence-corrected chi connectivity index (χ2v) is 5.41. The van der Waals surface area contributed by atoms with Crippen molar-refractivity contribution in [3.8, 4) is 0 Å². The molecule has 3 heteroatoms. The average Bonchev–Trinajstić information content (AvgIpc) is 3.03. The van der Waals surface area contributed by atoms with Crippen LogP contribution in [0.15, 0.2) is 12.1 Å². The molecule has 1 atom stereocenters. The monoisotopic (exact) mass is 252 g/mol. The van der Waals surface area contributed by atoms with Crippen molar-refractivity contribution in [2.45, 2.75) is 39.0 Å². The fourth-order valence-corrected chi connectivity index (χ4v) is 2.72. The first-order chi connectivity index (χ1) is 7.99. The highest BCUT2D eigenvalue weighted by Crippen LogP contribution is 2.46. The molecule has 0 bridgehead atoms. The summed E-state index contributed by atoms with van der Waals surface area (Å²) in [5, 5.41) is 9.76. The van der Waals surface area contributed by atoms with Gasteiger partial charge in [0.25, 0.3) is 0 Å². The Morgan fingerprint density at radius 2 is 2.12 bits per heavy atom. The fraction of sp³-hybridized carbons (Fsp3) is 0.500. The number of carboxylic acids is 1. The van der Waals surface area contributed by atoms with E-state index in [-0.39, 0.29) is 12.3 Å². The third kappa shape index (κ3) is 2.81. The van der Waals surface area contributed by atoms with Gasteiger partial charge in [0.2, 0.25) is 0 Å². The lowest BCUT2D eigenvalue weighted by atomic mass is 9.87. The third-order valence-corrected chi connectivity index (χ3v) is 3.91. The van der Waals surface area contributed by atoms with E-state index in [2.05, 4.69) is 6.07 Å². The van der Waals surface area contributed by atoms with Crippen LogP contribution in [0.5, 0.6) is 0 Å². The van der Waals surface area contributed by atoms with Gasteiger partial charge in [-0.3, -0.25) is 4.79 Å². The molecule has 0 radical (unpaired) electrons. The predicted octanol–water partition coefficient (Wildman–Crippen LogP) is 3.93. The molecule has 1 aliphatic rings. The molecule has 17 heavy (non-hydrogen) atoms. The summed E-state index contributed by atoms with van der Waals surface area (Å²) in [6.45, 7) is 3.98. The van der Waals surface area contributed by atoms with Crippen LogP contribution in [0.4, 0.5) is 0 Å². The zero-order chi connectivity index (χ0) is 12.6. The Labute approximate surface area is 107 Å². The third-order valence-electron chi connectivity index (χ3n) is 3.51. The van der Waals surface area contributed by atoms with Crippen LogP contribution in [-0.2, 0) is 4.79 Å². The van der Waals surface area contributed by atoms with Crippen LogP contribution >= 0.6 is 11.6 Å². The van der Waals surface area contributed by atoms with Gasteiger partial charge in [0.15, 0.2) is 0 Å². The normalized spacial score (nSPS) is 16.9. The summed E-state index contributed by atoms with van der Waals surface area (Å²) in [6.07, 6.45) is 2.50. The van der Waals surface area contributed by atoms with Gasteiger partial charge in [0, 0.05) is 5.02 Å². The average molecular weight is 253 g/mol. The number of carbonyl (C=O) groups is 1. The smallest absolute Gasteiger partial charge is 0.303 e. The van der Waals surface area contributed by atoms with Crippen molar-refractivity contribution in [2.75, 3.05) is 0 Å². The summed E-state index contributed by atoms with van der Waals surface area (Å²) in [4.78, 5) is 11.0. The van der Waals surface area contributed by atoms with E-state index in [1.807, 2.05) is 19.9 Å². The minimum atomic E-state index is -0.723. The Morgan fingerprint density at radius 1 is 1.47 bits per heavy atom. The molecule has 1 unspecified atom stereocenters. The van der Waals surface area contributed by atoms with Gasteiger partial charge in [-0.15, -0.1) is 0 Å². The molecule has 1 N–H and O–H groups in total. The maximum absolute atomic E-state index is 11.0. The summed E-state index contributed by atoms with van der Waals surface area (Å²) in [6, 6.07) is 4.03. The standard InChI is InChI=1S/C14H17ClO2/c1-8-5-11(9(2)13(15)6-8)12(7-14(16)17)10-3-4-10/h5-6,10,12H,3-4,7H2,1-2H3,(H,16,17). The van der Waals surface area contributed by atoms with Crippen LogP contribution in [0.2, 0.25) is 5.02 Å². The Balaban J connectivity index is 2.38. The maximum atomic E-state index is 11.0. The van der Waals surface area contributed by atoms with Crippen LogP contribution in [0.25, 0.3) is 0 Å². The van der Waals surface area contributed by atoms with Gasteiger partial charge in [-0.1, -0.05) is 17.7 Å². The van der Waals surface area contributed by atoms with Crippen LogP contribution < -0.4 is 0 Å². The number of benzene rings is 1. The molecule has 1 fully saturated rings. The molecule has 0 heterocycles. The van der Waals surface area contributed by atoms with E-state index in [9.17, 15) is 4.79 Å². The molecule has 1 aromatic rings. The second-order valence-electron chi connectivity index (χ2n) is 5.00. The number of hydrogen-bond donors (Lipinski definition) is 1. The first-order valence-electron chi connectivity index (χ1n) is 5.97. The summed E-state index contributed by atoms with van der Waals surface area (Å²) >= 11 is 6.18. The van der Waals surface area contributed by atoms with E-state index < -0.39 is 5.97 Å². The minimum Gasteiger partial charge on any atom is -0.481 e. The quantitative estimate of drug-likeness (QED) is 0.882. The van der Waals surface area contributed by atoms with Crippen molar-refractivity contribution < 1.29 is 9.90 Å². The molecule has 92 valence electrons. The number of aryl methyl sites for hydroxylation is 1. The molecule has 0 aromatic heterocycles. The Hall–Kier alpha value is -1.02. The van der Waals surface area contributed by atoms with E-state index in [0.29, 0.717) is 5.92 Å². The number of rotatable bonds is 4. The Morgan fingerprint density at radius 3 is 2.65 bits per heavy atom. The molecule has 1 aromatic carbocycles. The van der Waals surface area contributed by atoms with E-state index in [1.54, 1.807) is 0 Å². The molecule has 1 aliphatic carbocycles. The van der Waals surface area contributed by atoms with Crippen molar-refractivity contribution in [2.24, 2.45) is 5.92 Å². The van der Waals surface area contributed by atoms with Crippen molar-refractivity contribution in [3.05, 3.63) is 33.8 Å². The first-order valence-corrected chi connectivity index (χ1v) is 6.35. The van der Waals surface area contributed by atoms with Crippen molar-refractivity contribution in [1.82, 2.24) is 0 Å². The molecule has 0 saturated heterocycles. The number of aliphatic carboxylic acids is 1. The van der Waals surface area contributed by atoms with Crippen molar-refractivity contribution >= 4 is 17.6 Å². The van der Waals surface area contributed by atoms with E-state index in [0.717, 1.165) is 34.6 Å². The Bertz CT molecular complexity index is 450. The zero-order valence-corrected chi connectivity index (χ0v) is 10.9. The molecule has 1 saturated carbocycles. The molecule has 0 spiro atoms. The van der Waals surface area contributed by atoms with Gasteiger partial charge >= 0.3 is 5.97 Å². The second kappa shape index (κ2) is 4.69. The SMILES string of the molecule is Cc1cc(Cl)c(C)c(C(CC(=O)O)C2CC2)c1. The predicted molar refractivity (Wildman–Crippen MR) is 68.6 cm³/mol. The van der Waals surface area contributed by atoms with Crippen molar-refractivity contribution in [1.29, 1.82) is 0 Å². The lowest BCUT2D eigenvalue weighted by molar-refractivity contribution is -0.137. The van der Waals surface area contributed by atoms with E-state index in [1.165, 1.54) is 0 Å². The molecule has 0 aliphatic heterocycles. The lowest BCUT2D eigenvalue weighted by Crippen LogP contribution is -2.10. The van der Waals surface area contributed by atoms with Gasteiger partial charge in [-0.25, -0.2) is 0 Å². The summed E-state index contributed by atoms with van der Waals surface area (Å²) in [5.74, 6) is -0.0634. The highest BCUT2D eigenvalue weighted by Gasteiger charge is 2.34. The van der Waals surface area contributed by atoms with Crippen LogP contribution in [-0.4, -0.2) is 11.1 Å². The highest BCUT2D eigenvalue weighted by molar-refractivity contribution is 6.31. The minimum absolute atomic E-state index is 0.130. The first kappa shape index (κ1) is 12.4. The van der Waals surface area contributed by atoms with Gasteiger partial charge < -0.3 is 5.11 Å². The van der Waals surface area contributed by atoms with Crippen molar-refractivity contribution in [3.63, 3.8) is 0 Å². The van der Waals surface area contributed by atoms with E-state index >= 15 is 0 Å². The van der Waals surface area contributed by atoms with Gasteiger partial charge in [0.1, 0.15) is 0 Å². The molecular weight excluding hydrogens is 236 g/mol. The molecule has 2 rings (SSSR count). The summed E-state index contributed by atoms with van der Waals surface area (Å²) in [7, 11) is 0. The fourth-order valence-electron chi connectivity index (χ4n) is 2.44. The van der Waals surface area contributed by atoms with Gasteiger partial charge in [0.05, 0.1) is 6.42 Å². The highest BCUT2D eigenvalue weighted by atomic mass is 35.5. The summed E-state index contributed by atoms with van der Waals surface area (Å²) in [5.41, 5.74) is 3.27. The van der Waals surface area contributed by atoms with Crippen LogP contribution in [0, 0.1) is 19.8 Å². The molecular formula is C14H17ClO2. The Kier molecular flexibility index (Phi) is 3.43. The van der Waals surface area contributed by atoms with Gasteiger partial charge in [-0.05, 0) is 61.3 Å². The number of hydrogen-bond acceptors (Lipinski definition) is 1. The van der Waals surface area contributed by atoms with Gasteiger partial charge in [-0.2, -0.15) is 0 Å². The topological polar surface area (TPSA) is 37.3 Å². The maximum Gasteiger partial charge on any atom is 0.303 e. The summed E-state index contributed by atoms with van der Waals surface area (Å²) < 4.78 is 0. The molecule has 2 nitrogen and oxygen atoms in total. The molecule has 0 amide bonds. The van der Waals surface area contributed by atoms with E-state index in [4.69, 9.17) is 16.7 Å². The zero-order valence-electron chi connectivity index (χ0n) is 10.2.